The van der Waals surface area contributed by atoms with Crippen molar-refractivity contribution in [3.63, 3.8) is 0 Å². The smallest absolute Gasteiger partial charge is 0.303 e. The van der Waals surface area contributed by atoms with Crippen LogP contribution in [0.4, 0.5) is 0 Å². The molecule has 7 nitrogen and oxygen atoms in total. The maximum atomic E-state index is 10.5. The van der Waals surface area contributed by atoms with Crippen molar-refractivity contribution in [2.24, 2.45) is 0 Å². The fourth-order valence-electron chi connectivity index (χ4n) is 6.76. The van der Waals surface area contributed by atoms with Gasteiger partial charge in [0.1, 0.15) is 11.5 Å². The average Bonchev–Trinajstić information content (AvgIpc) is 3.21. The number of benzene rings is 1. The fourth-order valence-corrected chi connectivity index (χ4v) is 6.76. The summed E-state index contributed by atoms with van der Waals surface area (Å²) in [4.78, 5) is 23.2. The topological polar surface area (TPSA) is 96.3 Å². The number of carbonyl (C=O) groups is 2. The van der Waals surface area contributed by atoms with Crippen LogP contribution in [0.25, 0.3) is 0 Å². The zero-order chi connectivity index (χ0) is 43.4. The molecule has 0 aliphatic carbocycles. The van der Waals surface area contributed by atoms with E-state index in [0.717, 1.165) is 134 Å². The monoisotopic (exact) mass is 832 g/mol. The van der Waals surface area contributed by atoms with Crippen molar-refractivity contribution in [3.05, 3.63) is 96.7 Å². The van der Waals surface area contributed by atoms with E-state index in [4.69, 9.17) is 19.7 Å². The van der Waals surface area contributed by atoms with Crippen LogP contribution in [-0.4, -0.2) is 54.4 Å². The first-order valence-electron chi connectivity index (χ1n) is 23.7. The summed E-state index contributed by atoms with van der Waals surface area (Å²) in [6.45, 7) is 2.33. The Hall–Kier alpha value is -3.84. The predicted molar refractivity (Wildman–Crippen MR) is 254 cm³/mol. The number of ether oxygens (including phenoxy) is 2. The first-order valence-corrected chi connectivity index (χ1v) is 23.7. The van der Waals surface area contributed by atoms with Crippen LogP contribution >= 0.6 is 0 Å². The molecule has 0 saturated carbocycles. The van der Waals surface area contributed by atoms with Crippen LogP contribution in [0.1, 0.15) is 185 Å². The summed E-state index contributed by atoms with van der Waals surface area (Å²) in [5.74, 6) is 0.448. The molecule has 1 aromatic rings. The standard InChI is InChI=1S/C53H85NO6/c1-54(2)48-49-45-50(59-43-39-35-31-27-23-19-15-11-7-3-5-9-13-17-21-25-29-33-37-41-52(55)56)47-51(46-49)60-44-40-36-32-28-24-20-16-12-8-4-6-10-14-18-22-26-30-34-38-42-53(57)58/h3-4,7-10,13-16,19-20,45-47H,5-6,11-12,17-18,21-44,48H2,1-2H3,(H,55,56)(H,57,58)/b7-3-,8-4-,13-9-,14-10-,19-15-,20-16-. The molecule has 0 aliphatic rings. The second kappa shape index (κ2) is 41.9. The number of nitrogens with zero attached hydrogens (tertiary/aromatic N) is 1. The summed E-state index contributed by atoms with van der Waals surface area (Å²) in [6.07, 6.45) is 56.3. The number of allylic oxidation sites excluding steroid dienone is 12. The maximum Gasteiger partial charge on any atom is 0.303 e. The summed E-state index contributed by atoms with van der Waals surface area (Å²) >= 11 is 0. The van der Waals surface area contributed by atoms with E-state index in [0.29, 0.717) is 12.8 Å². The molecule has 0 aliphatic heterocycles. The van der Waals surface area contributed by atoms with Crippen LogP contribution in [0.5, 0.6) is 11.5 Å². The van der Waals surface area contributed by atoms with Gasteiger partial charge in [-0.1, -0.05) is 137 Å². The first kappa shape index (κ1) is 54.2. The van der Waals surface area contributed by atoms with Gasteiger partial charge in [0, 0.05) is 25.5 Å². The van der Waals surface area contributed by atoms with Gasteiger partial charge in [0.2, 0.25) is 0 Å². The van der Waals surface area contributed by atoms with Gasteiger partial charge >= 0.3 is 11.9 Å². The zero-order valence-corrected chi connectivity index (χ0v) is 38.1. The number of hydrogen-bond donors (Lipinski definition) is 2. The van der Waals surface area contributed by atoms with Gasteiger partial charge < -0.3 is 24.6 Å². The molecule has 0 unspecified atom stereocenters. The Morgan fingerprint density at radius 1 is 0.433 bits per heavy atom. The molecule has 338 valence electrons. The molecular weight excluding hydrogens is 747 g/mol. The normalized spacial score (nSPS) is 12.2. The van der Waals surface area contributed by atoms with Crippen molar-refractivity contribution < 1.29 is 29.3 Å². The second-order valence-corrected chi connectivity index (χ2v) is 16.3. The SMILES string of the molecule is CN(C)Cc1cc(OCCCCCC/C=C\C/C=C\C/C=C\CCCCCCCC(=O)O)cc(OCCCCCC/C=C\C/C=C\C/C=C\CCCCCCCC(=O)O)c1. The second-order valence-electron chi connectivity index (χ2n) is 16.3. The third kappa shape index (κ3) is 39.6. The van der Waals surface area contributed by atoms with Gasteiger partial charge in [0.15, 0.2) is 0 Å². The molecule has 1 rings (SSSR count). The third-order valence-electron chi connectivity index (χ3n) is 10.1. The van der Waals surface area contributed by atoms with E-state index in [1.807, 2.05) is 0 Å². The van der Waals surface area contributed by atoms with Crippen molar-refractivity contribution in [3.8, 4) is 11.5 Å². The first-order chi connectivity index (χ1) is 29.4. The maximum absolute atomic E-state index is 10.5. The van der Waals surface area contributed by atoms with Crippen molar-refractivity contribution in [2.45, 2.75) is 186 Å². The van der Waals surface area contributed by atoms with E-state index in [1.54, 1.807) is 0 Å². The minimum atomic E-state index is -0.684. The van der Waals surface area contributed by atoms with E-state index in [2.05, 4.69) is 110 Å². The minimum Gasteiger partial charge on any atom is -0.493 e. The highest BCUT2D eigenvalue weighted by Crippen LogP contribution is 2.25. The van der Waals surface area contributed by atoms with E-state index >= 15 is 0 Å². The highest BCUT2D eigenvalue weighted by molar-refractivity contribution is 5.66. The fraction of sp³-hybridized carbons (Fsp3) is 0.623. The minimum absolute atomic E-state index is 0.302. The van der Waals surface area contributed by atoms with Gasteiger partial charge in [-0.2, -0.15) is 0 Å². The van der Waals surface area contributed by atoms with Crippen LogP contribution in [-0.2, 0) is 16.1 Å². The van der Waals surface area contributed by atoms with Gasteiger partial charge in [0.05, 0.1) is 13.2 Å². The lowest BCUT2D eigenvalue weighted by atomic mass is 10.1. The highest BCUT2D eigenvalue weighted by atomic mass is 16.5. The number of rotatable bonds is 42. The molecular formula is C53H85NO6. The molecule has 0 fully saturated rings. The number of carboxylic acids is 2. The molecule has 7 heteroatoms. The summed E-state index contributed by atoms with van der Waals surface area (Å²) < 4.78 is 12.4. The van der Waals surface area contributed by atoms with Crippen molar-refractivity contribution in [2.75, 3.05) is 27.3 Å². The van der Waals surface area contributed by atoms with Crippen molar-refractivity contribution >= 4 is 11.9 Å². The number of carboxylic acid groups (broad SMARTS) is 2. The Bertz CT molecular complexity index is 1260. The molecule has 0 spiro atoms. The quantitative estimate of drug-likeness (QED) is 0.0500. The van der Waals surface area contributed by atoms with Crippen LogP contribution in [0.15, 0.2) is 91.1 Å². The average molecular weight is 832 g/mol. The molecule has 1 aromatic carbocycles. The van der Waals surface area contributed by atoms with Gasteiger partial charge in [0.25, 0.3) is 0 Å². The highest BCUT2D eigenvalue weighted by Gasteiger charge is 2.06. The molecule has 60 heavy (non-hydrogen) atoms. The summed E-state index contributed by atoms with van der Waals surface area (Å²) in [7, 11) is 4.18. The summed E-state index contributed by atoms with van der Waals surface area (Å²) in [5, 5.41) is 17.3. The lowest BCUT2D eigenvalue weighted by Gasteiger charge is -2.15. The predicted octanol–water partition coefficient (Wildman–Crippen LogP) is 14.9. The molecule has 0 aromatic heterocycles. The van der Waals surface area contributed by atoms with Crippen molar-refractivity contribution in [1.29, 1.82) is 0 Å². The van der Waals surface area contributed by atoms with E-state index < -0.39 is 11.9 Å². The number of hydrogen-bond acceptors (Lipinski definition) is 5. The molecule has 0 radical (unpaired) electrons. The number of aliphatic carboxylic acids is 2. The lowest BCUT2D eigenvalue weighted by Crippen LogP contribution is -2.11. The van der Waals surface area contributed by atoms with Crippen LogP contribution in [0.3, 0.4) is 0 Å². The molecule has 0 heterocycles. The lowest BCUT2D eigenvalue weighted by molar-refractivity contribution is -0.138. The molecule has 0 bridgehead atoms. The van der Waals surface area contributed by atoms with Gasteiger partial charge in [-0.05, 0) is 135 Å². The third-order valence-corrected chi connectivity index (χ3v) is 10.1. The molecule has 0 saturated heterocycles. The Labute approximate surface area is 366 Å². The van der Waals surface area contributed by atoms with Crippen molar-refractivity contribution in [1.82, 2.24) is 4.90 Å². The van der Waals surface area contributed by atoms with Gasteiger partial charge in [-0.3, -0.25) is 9.59 Å². The van der Waals surface area contributed by atoms with E-state index in [9.17, 15) is 9.59 Å². The zero-order valence-electron chi connectivity index (χ0n) is 38.1. The van der Waals surface area contributed by atoms with Crippen LogP contribution < -0.4 is 9.47 Å². The largest absolute Gasteiger partial charge is 0.493 e. The Balaban J connectivity index is 2.08. The summed E-state index contributed by atoms with van der Waals surface area (Å²) in [6, 6.07) is 6.36. The Morgan fingerprint density at radius 3 is 1.07 bits per heavy atom. The van der Waals surface area contributed by atoms with E-state index in [-0.39, 0.29) is 0 Å². The number of unbranched alkanes of at least 4 members (excludes halogenated alkanes) is 18. The van der Waals surface area contributed by atoms with Crippen LogP contribution in [0, 0.1) is 0 Å². The Morgan fingerprint density at radius 2 is 0.733 bits per heavy atom. The van der Waals surface area contributed by atoms with Crippen LogP contribution in [0.2, 0.25) is 0 Å². The Kier molecular flexibility index (Phi) is 37.8. The van der Waals surface area contributed by atoms with Gasteiger partial charge in [-0.15, -0.1) is 0 Å². The van der Waals surface area contributed by atoms with E-state index in [1.165, 1.54) is 69.8 Å². The summed E-state index contributed by atoms with van der Waals surface area (Å²) in [5.41, 5.74) is 1.22. The van der Waals surface area contributed by atoms with Gasteiger partial charge in [-0.25, -0.2) is 0 Å². The molecule has 2 N–H and O–H groups in total. The molecule has 0 amide bonds. The molecule has 0 atom stereocenters.